The van der Waals surface area contributed by atoms with Crippen LogP contribution in [0.4, 0.5) is 0 Å². The van der Waals surface area contributed by atoms with Crippen molar-refractivity contribution in [3.63, 3.8) is 0 Å². The monoisotopic (exact) mass is 215 g/mol. The third-order valence-corrected chi connectivity index (χ3v) is 2.78. The van der Waals surface area contributed by atoms with Crippen molar-refractivity contribution >= 4 is 5.97 Å². The lowest BCUT2D eigenvalue weighted by atomic mass is 10.0. The van der Waals surface area contributed by atoms with Crippen LogP contribution in [0.3, 0.4) is 0 Å². The molecule has 3 heteroatoms. The van der Waals surface area contributed by atoms with Crippen LogP contribution in [-0.2, 0) is 7.05 Å². The van der Waals surface area contributed by atoms with Gasteiger partial charge in [0.05, 0.1) is 5.56 Å². The van der Waals surface area contributed by atoms with E-state index in [4.69, 9.17) is 0 Å². The molecule has 0 aliphatic heterocycles. The minimum atomic E-state index is -0.878. The molecular formula is C13H13NO2. The molecule has 3 nitrogen and oxygen atoms in total. The molecule has 0 amide bonds. The number of carboxylic acid groups (broad SMARTS) is 1. The van der Waals surface area contributed by atoms with Crippen molar-refractivity contribution in [1.82, 2.24) is 4.57 Å². The van der Waals surface area contributed by atoms with Crippen LogP contribution in [0, 0.1) is 6.92 Å². The number of nitrogens with zero attached hydrogens (tertiary/aromatic N) is 1. The lowest BCUT2D eigenvalue weighted by Crippen LogP contribution is -2.00. The zero-order valence-corrected chi connectivity index (χ0v) is 9.27. The number of hydrogen-bond donors (Lipinski definition) is 1. The Morgan fingerprint density at radius 3 is 2.44 bits per heavy atom. The smallest absolute Gasteiger partial charge is 0.338 e. The molecule has 1 aromatic carbocycles. The average Bonchev–Trinajstić information content (AvgIpc) is 2.57. The lowest BCUT2D eigenvalue weighted by Gasteiger charge is -2.00. The molecule has 82 valence electrons. The van der Waals surface area contributed by atoms with Gasteiger partial charge in [-0.1, -0.05) is 30.3 Å². The largest absolute Gasteiger partial charge is 0.478 e. The van der Waals surface area contributed by atoms with Crippen LogP contribution in [0.1, 0.15) is 16.1 Å². The van der Waals surface area contributed by atoms with Gasteiger partial charge >= 0.3 is 5.97 Å². The van der Waals surface area contributed by atoms with E-state index in [1.165, 1.54) is 0 Å². The maximum Gasteiger partial charge on any atom is 0.338 e. The molecular weight excluding hydrogens is 202 g/mol. The Kier molecular flexibility index (Phi) is 2.52. The van der Waals surface area contributed by atoms with E-state index in [2.05, 4.69) is 0 Å². The molecule has 0 fully saturated rings. The standard InChI is InChI=1S/C13H13NO2/c1-9-12(13(15)16)11(8-14(9)2)10-6-4-3-5-7-10/h3-8H,1-2H3,(H,15,16). The molecule has 0 radical (unpaired) electrons. The van der Waals surface area contributed by atoms with Crippen molar-refractivity contribution in [2.45, 2.75) is 6.92 Å². The van der Waals surface area contributed by atoms with Gasteiger partial charge in [0.2, 0.25) is 0 Å². The second-order valence-corrected chi connectivity index (χ2v) is 3.79. The summed E-state index contributed by atoms with van der Waals surface area (Å²) in [5.74, 6) is -0.878. The summed E-state index contributed by atoms with van der Waals surface area (Å²) >= 11 is 0. The van der Waals surface area contributed by atoms with E-state index < -0.39 is 5.97 Å². The van der Waals surface area contributed by atoms with E-state index in [9.17, 15) is 9.90 Å². The number of rotatable bonds is 2. The molecule has 16 heavy (non-hydrogen) atoms. The van der Waals surface area contributed by atoms with Gasteiger partial charge in [0, 0.05) is 24.5 Å². The highest BCUT2D eigenvalue weighted by atomic mass is 16.4. The number of aryl methyl sites for hydroxylation is 1. The van der Waals surface area contributed by atoms with E-state index in [0.29, 0.717) is 5.56 Å². The first-order chi connectivity index (χ1) is 7.61. The normalized spacial score (nSPS) is 10.4. The summed E-state index contributed by atoms with van der Waals surface area (Å²) in [5.41, 5.74) is 2.86. The first-order valence-corrected chi connectivity index (χ1v) is 5.06. The number of aromatic nitrogens is 1. The minimum absolute atomic E-state index is 0.383. The fourth-order valence-corrected chi connectivity index (χ4v) is 1.83. The zero-order chi connectivity index (χ0) is 11.7. The Balaban J connectivity index is 2.66. The molecule has 0 aliphatic rings. The molecule has 2 rings (SSSR count). The Morgan fingerprint density at radius 2 is 1.88 bits per heavy atom. The van der Waals surface area contributed by atoms with Crippen molar-refractivity contribution in [2.75, 3.05) is 0 Å². The van der Waals surface area contributed by atoms with E-state index in [-0.39, 0.29) is 0 Å². The number of aromatic carboxylic acids is 1. The highest BCUT2D eigenvalue weighted by molar-refractivity contribution is 5.97. The van der Waals surface area contributed by atoms with Gasteiger partial charge in [-0.3, -0.25) is 0 Å². The van der Waals surface area contributed by atoms with Crippen molar-refractivity contribution in [3.05, 3.63) is 47.8 Å². The second-order valence-electron chi connectivity index (χ2n) is 3.79. The van der Waals surface area contributed by atoms with Crippen LogP contribution in [0.15, 0.2) is 36.5 Å². The molecule has 0 aliphatic carbocycles. The van der Waals surface area contributed by atoms with Gasteiger partial charge in [-0.05, 0) is 12.5 Å². The molecule has 0 bridgehead atoms. The van der Waals surface area contributed by atoms with Crippen molar-refractivity contribution in [3.8, 4) is 11.1 Å². The topological polar surface area (TPSA) is 42.2 Å². The highest BCUT2D eigenvalue weighted by Crippen LogP contribution is 2.27. The summed E-state index contributed by atoms with van der Waals surface area (Å²) in [7, 11) is 1.86. The second kappa shape index (κ2) is 3.85. The summed E-state index contributed by atoms with van der Waals surface area (Å²) in [6.45, 7) is 1.82. The van der Waals surface area contributed by atoms with Gasteiger partial charge in [-0.25, -0.2) is 4.79 Å². The molecule has 0 saturated carbocycles. The van der Waals surface area contributed by atoms with Crippen LogP contribution >= 0.6 is 0 Å². The Hall–Kier alpha value is -2.03. The van der Waals surface area contributed by atoms with Crippen molar-refractivity contribution in [1.29, 1.82) is 0 Å². The average molecular weight is 215 g/mol. The molecule has 1 N–H and O–H groups in total. The predicted molar refractivity (Wildman–Crippen MR) is 62.5 cm³/mol. The van der Waals surface area contributed by atoms with Crippen LogP contribution in [0.25, 0.3) is 11.1 Å². The quantitative estimate of drug-likeness (QED) is 0.836. The van der Waals surface area contributed by atoms with Gasteiger partial charge in [-0.15, -0.1) is 0 Å². The van der Waals surface area contributed by atoms with E-state index in [1.807, 2.05) is 55.1 Å². The molecule has 0 spiro atoms. The van der Waals surface area contributed by atoms with Crippen LogP contribution in [0.5, 0.6) is 0 Å². The Labute approximate surface area is 94.0 Å². The van der Waals surface area contributed by atoms with Gasteiger partial charge in [0.1, 0.15) is 0 Å². The van der Waals surface area contributed by atoms with Crippen molar-refractivity contribution < 1.29 is 9.90 Å². The first kappa shape index (κ1) is 10.5. The molecule has 2 aromatic rings. The van der Waals surface area contributed by atoms with E-state index in [1.54, 1.807) is 0 Å². The third-order valence-electron chi connectivity index (χ3n) is 2.78. The number of carboxylic acids is 1. The fourth-order valence-electron chi connectivity index (χ4n) is 1.83. The predicted octanol–water partition coefficient (Wildman–Crippen LogP) is 2.70. The molecule has 1 heterocycles. The van der Waals surface area contributed by atoms with Crippen LogP contribution in [-0.4, -0.2) is 15.6 Å². The highest BCUT2D eigenvalue weighted by Gasteiger charge is 2.17. The maximum absolute atomic E-state index is 11.2. The van der Waals surface area contributed by atoms with Gasteiger partial charge in [0.15, 0.2) is 0 Å². The van der Waals surface area contributed by atoms with E-state index >= 15 is 0 Å². The Morgan fingerprint density at radius 1 is 1.25 bits per heavy atom. The van der Waals surface area contributed by atoms with Crippen LogP contribution < -0.4 is 0 Å². The van der Waals surface area contributed by atoms with Crippen molar-refractivity contribution in [2.24, 2.45) is 7.05 Å². The van der Waals surface area contributed by atoms with Gasteiger partial charge in [0.25, 0.3) is 0 Å². The van der Waals surface area contributed by atoms with Gasteiger partial charge < -0.3 is 9.67 Å². The summed E-state index contributed by atoms with van der Waals surface area (Å²) in [5, 5.41) is 9.21. The molecule has 0 unspecified atom stereocenters. The molecule has 0 atom stereocenters. The summed E-state index contributed by atoms with van der Waals surface area (Å²) in [4.78, 5) is 11.2. The van der Waals surface area contributed by atoms with E-state index in [0.717, 1.165) is 16.8 Å². The maximum atomic E-state index is 11.2. The lowest BCUT2D eigenvalue weighted by molar-refractivity contribution is 0.0697. The summed E-state index contributed by atoms with van der Waals surface area (Å²) in [6.07, 6.45) is 1.86. The Bertz CT molecular complexity index is 526. The first-order valence-electron chi connectivity index (χ1n) is 5.06. The number of hydrogen-bond acceptors (Lipinski definition) is 1. The van der Waals surface area contributed by atoms with Crippen LogP contribution in [0.2, 0.25) is 0 Å². The SMILES string of the molecule is Cc1c(C(=O)O)c(-c2ccccc2)cn1C. The molecule has 1 aromatic heterocycles. The number of benzene rings is 1. The zero-order valence-electron chi connectivity index (χ0n) is 9.27. The number of carbonyl (C=O) groups is 1. The third kappa shape index (κ3) is 1.60. The van der Waals surface area contributed by atoms with Gasteiger partial charge in [-0.2, -0.15) is 0 Å². The fraction of sp³-hybridized carbons (Fsp3) is 0.154. The minimum Gasteiger partial charge on any atom is -0.478 e. The summed E-state index contributed by atoms with van der Waals surface area (Å²) in [6, 6.07) is 9.56. The summed E-state index contributed by atoms with van der Waals surface area (Å²) < 4.78 is 1.84. The molecule has 0 saturated heterocycles.